The highest BCUT2D eigenvalue weighted by atomic mass is 16.6. The molecule has 7 heteroatoms. The number of ether oxygens (including phenoxy) is 1. The molecule has 1 N–H and O–H groups in total. The van der Waals surface area contributed by atoms with Crippen LogP contribution in [0.3, 0.4) is 0 Å². The molecular weight excluding hydrogens is 290 g/mol. The number of esters is 1. The van der Waals surface area contributed by atoms with E-state index in [0.717, 1.165) is 5.56 Å². The second-order valence-corrected chi connectivity index (χ2v) is 4.85. The van der Waals surface area contributed by atoms with E-state index >= 15 is 0 Å². The standard InChI is InChI=1S/C15H15NO6/c1-2-22-15(19)13-7-9-3-4-10(16(20)21)8-12(9)11(13)5-6-14(17)18/h3-4,8H,2,5-7H2,1H3,(H,17,18). The molecule has 0 saturated heterocycles. The number of nitro groups is 1. The van der Waals surface area contributed by atoms with Crippen LogP contribution in [-0.2, 0) is 20.7 Å². The van der Waals surface area contributed by atoms with Crippen molar-refractivity contribution in [2.45, 2.75) is 26.2 Å². The number of non-ortho nitro benzene ring substituents is 1. The summed E-state index contributed by atoms with van der Waals surface area (Å²) in [5.41, 5.74) is 2.17. The van der Waals surface area contributed by atoms with E-state index in [2.05, 4.69) is 0 Å². The fourth-order valence-electron chi connectivity index (χ4n) is 2.50. The maximum atomic E-state index is 12.0. The van der Waals surface area contributed by atoms with Crippen LogP contribution in [0.15, 0.2) is 23.8 Å². The van der Waals surface area contributed by atoms with Crippen molar-refractivity contribution in [3.8, 4) is 0 Å². The molecule has 0 radical (unpaired) electrons. The van der Waals surface area contributed by atoms with Crippen molar-refractivity contribution in [1.82, 2.24) is 0 Å². The summed E-state index contributed by atoms with van der Waals surface area (Å²) >= 11 is 0. The molecular formula is C15H15NO6. The summed E-state index contributed by atoms with van der Waals surface area (Å²) in [5.74, 6) is -1.49. The van der Waals surface area contributed by atoms with Gasteiger partial charge in [0.25, 0.3) is 5.69 Å². The van der Waals surface area contributed by atoms with Gasteiger partial charge >= 0.3 is 11.9 Å². The smallest absolute Gasteiger partial charge is 0.334 e. The number of carbonyl (C=O) groups is 2. The molecule has 0 aromatic heterocycles. The number of fused-ring (bicyclic) bond motifs is 1. The van der Waals surface area contributed by atoms with Crippen molar-refractivity contribution in [2.24, 2.45) is 0 Å². The Hall–Kier alpha value is -2.70. The lowest BCUT2D eigenvalue weighted by Crippen LogP contribution is -2.09. The van der Waals surface area contributed by atoms with Crippen molar-refractivity contribution >= 4 is 23.2 Å². The third-order valence-electron chi connectivity index (χ3n) is 3.47. The number of hydrogen-bond acceptors (Lipinski definition) is 5. The molecule has 7 nitrogen and oxygen atoms in total. The highest BCUT2D eigenvalue weighted by molar-refractivity contribution is 6.01. The summed E-state index contributed by atoms with van der Waals surface area (Å²) in [5, 5.41) is 19.7. The number of nitrogens with zero attached hydrogens (tertiary/aromatic N) is 1. The van der Waals surface area contributed by atoms with E-state index in [9.17, 15) is 19.7 Å². The molecule has 1 aliphatic rings. The Balaban J connectivity index is 2.44. The Kier molecular flexibility index (Phi) is 4.55. The van der Waals surface area contributed by atoms with Gasteiger partial charge in [0.2, 0.25) is 0 Å². The zero-order valence-corrected chi connectivity index (χ0v) is 12.0. The molecule has 0 aliphatic heterocycles. The van der Waals surface area contributed by atoms with E-state index in [1.165, 1.54) is 12.1 Å². The van der Waals surface area contributed by atoms with Crippen molar-refractivity contribution in [1.29, 1.82) is 0 Å². The van der Waals surface area contributed by atoms with Gasteiger partial charge in [-0.25, -0.2) is 4.79 Å². The van der Waals surface area contributed by atoms with Gasteiger partial charge in [0, 0.05) is 30.5 Å². The second kappa shape index (κ2) is 6.38. The Morgan fingerprint density at radius 1 is 1.41 bits per heavy atom. The molecule has 0 spiro atoms. The van der Waals surface area contributed by atoms with Crippen LogP contribution >= 0.6 is 0 Å². The van der Waals surface area contributed by atoms with Gasteiger partial charge in [0.15, 0.2) is 0 Å². The number of carbonyl (C=O) groups excluding carboxylic acids is 1. The minimum Gasteiger partial charge on any atom is -0.481 e. The van der Waals surface area contributed by atoms with Gasteiger partial charge in [-0.1, -0.05) is 6.07 Å². The SMILES string of the molecule is CCOC(=O)C1=C(CCC(=O)O)c2cc([N+](=O)[O-])ccc2C1. The molecule has 0 heterocycles. The van der Waals surface area contributed by atoms with Crippen LogP contribution in [0.2, 0.25) is 0 Å². The average Bonchev–Trinajstić information content (AvgIpc) is 2.83. The summed E-state index contributed by atoms with van der Waals surface area (Å²) in [6.07, 6.45) is 0.291. The average molecular weight is 305 g/mol. The van der Waals surface area contributed by atoms with Crippen LogP contribution in [-0.4, -0.2) is 28.6 Å². The van der Waals surface area contributed by atoms with Crippen LogP contribution in [0.25, 0.3) is 5.57 Å². The van der Waals surface area contributed by atoms with Crippen LogP contribution in [0.5, 0.6) is 0 Å². The Labute approximate surface area is 126 Å². The first-order chi connectivity index (χ1) is 10.4. The molecule has 0 atom stereocenters. The van der Waals surface area contributed by atoms with Crippen molar-refractivity contribution in [2.75, 3.05) is 6.61 Å². The molecule has 0 fully saturated rings. The van der Waals surface area contributed by atoms with Crippen LogP contribution in [0.1, 0.15) is 30.9 Å². The topological polar surface area (TPSA) is 107 Å². The fourth-order valence-corrected chi connectivity index (χ4v) is 2.50. The first kappa shape index (κ1) is 15.7. The second-order valence-electron chi connectivity index (χ2n) is 4.85. The molecule has 1 aromatic carbocycles. The number of carboxylic acid groups (broad SMARTS) is 1. The van der Waals surface area contributed by atoms with Gasteiger partial charge in [0.05, 0.1) is 11.5 Å². The first-order valence-electron chi connectivity index (χ1n) is 6.82. The van der Waals surface area contributed by atoms with E-state index in [1.807, 2.05) is 0 Å². The zero-order valence-electron chi connectivity index (χ0n) is 12.0. The van der Waals surface area contributed by atoms with E-state index in [0.29, 0.717) is 23.1 Å². The maximum absolute atomic E-state index is 12.0. The largest absolute Gasteiger partial charge is 0.481 e. The number of hydrogen-bond donors (Lipinski definition) is 1. The fraction of sp³-hybridized carbons (Fsp3) is 0.333. The molecule has 1 aromatic rings. The Morgan fingerprint density at radius 2 is 2.14 bits per heavy atom. The third kappa shape index (κ3) is 3.13. The summed E-state index contributed by atoms with van der Waals surface area (Å²) in [4.78, 5) is 33.2. The maximum Gasteiger partial charge on any atom is 0.334 e. The highest BCUT2D eigenvalue weighted by Gasteiger charge is 2.28. The Morgan fingerprint density at radius 3 is 2.73 bits per heavy atom. The van der Waals surface area contributed by atoms with Crippen molar-refractivity contribution < 1.29 is 24.4 Å². The number of benzene rings is 1. The zero-order chi connectivity index (χ0) is 16.3. The lowest BCUT2D eigenvalue weighted by atomic mass is 10.00. The van der Waals surface area contributed by atoms with Gasteiger partial charge in [-0.2, -0.15) is 0 Å². The number of carboxylic acids is 1. The first-order valence-corrected chi connectivity index (χ1v) is 6.82. The molecule has 2 rings (SSSR count). The van der Waals surface area contributed by atoms with E-state index in [4.69, 9.17) is 9.84 Å². The monoisotopic (exact) mass is 305 g/mol. The number of nitro benzene ring substituents is 1. The van der Waals surface area contributed by atoms with Gasteiger partial charge < -0.3 is 9.84 Å². The molecule has 0 bridgehead atoms. The van der Waals surface area contributed by atoms with Crippen LogP contribution in [0.4, 0.5) is 5.69 Å². The van der Waals surface area contributed by atoms with Crippen molar-refractivity contribution in [3.05, 3.63) is 45.0 Å². The molecule has 1 aliphatic carbocycles. The quantitative estimate of drug-likeness (QED) is 0.491. The van der Waals surface area contributed by atoms with E-state index < -0.39 is 16.9 Å². The normalized spacial score (nSPS) is 13.0. The molecule has 0 saturated carbocycles. The number of allylic oxidation sites excluding steroid dienone is 1. The third-order valence-corrected chi connectivity index (χ3v) is 3.47. The summed E-state index contributed by atoms with van der Waals surface area (Å²) in [7, 11) is 0. The molecule has 22 heavy (non-hydrogen) atoms. The minimum absolute atomic E-state index is 0.0864. The summed E-state index contributed by atoms with van der Waals surface area (Å²) in [6, 6.07) is 4.36. The van der Waals surface area contributed by atoms with Crippen molar-refractivity contribution in [3.63, 3.8) is 0 Å². The number of aliphatic carboxylic acids is 1. The van der Waals surface area contributed by atoms with Gasteiger partial charge in [-0.05, 0) is 30.0 Å². The summed E-state index contributed by atoms with van der Waals surface area (Å²) in [6.45, 7) is 1.90. The van der Waals surface area contributed by atoms with Gasteiger partial charge in [-0.3, -0.25) is 14.9 Å². The number of rotatable bonds is 6. The van der Waals surface area contributed by atoms with Crippen LogP contribution in [0, 0.1) is 10.1 Å². The lowest BCUT2D eigenvalue weighted by molar-refractivity contribution is -0.384. The lowest BCUT2D eigenvalue weighted by Gasteiger charge is -2.07. The molecule has 116 valence electrons. The van der Waals surface area contributed by atoms with Gasteiger partial charge in [-0.15, -0.1) is 0 Å². The predicted octanol–water partition coefficient (Wildman–Crippen LogP) is 2.33. The minimum atomic E-state index is -0.991. The summed E-state index contributed by atoms with van der Waals surface area (Å²) < 4.78 is 4.99. The predicted molar refractivity (Wildman–Crippen MR) is 77.2 cm³/mol. The molecule has 0 unspecified atom stereocenters. The van der Waals surface area contributed by atoms with E-state index in [-0.39, 0.29) is 25.1 Å². The van der Waals surface area contributed by atoms with Crippen LogP contribution < -0.4 is 0 Å². The highest BCUT2D eigenvalue weighted by Crippen LogP contribution is 2.38. The molecule has 0 amide bonds. The van der Waals surface area contributed by atoms with Gasteiger partial charge in [0.1, 0.15) is 0 Å². The van der Waals surface area contributed by atoms with E-state index in [1.54, 1.807) is 13.0 Å². The Bertz CT molecular complexity index is 677.